The quantitative estimate of drug-likeness (QED) is 0.818. The average Bonchev–Trinajstić information content (AvgIpc) is 2.78. The van der Waals surface area contributed by atoms with Gasteiger partial charge < -0.3 is 14.9 Å². The van der Waals surface area contributed by atoms with Crippen molar-refractivity contribution < 1.29 is 9.90 Å². The van der Waals surface area contributed by atoms with E-state index in [-0.39, 0.29) is 11.7 Å². The number of hydrogen-bond donors (Lipinski definition) is 1. The van der Waals surface area contributed by atoms with Crippen molar-refractivity contribution in [2.24, 2.45) is 5.92 Å². The van der Waals surface area contributed by atoms with Gasteiger partial charge in [0, 0.05) is 31.8 Å². The Morgan fingerprint density at radius 2 is 1.89 bits per heavy atom. The lowest BCUT2D eigenvalue weighted by atomic mass is 9.96. The summed E-state index contributed by atoms with van der Waals surface area (Å²) >= 11 is 1.52. The number of aliphatic hydroxyl groups is 1. The molecular formula is C14H26N2O2S. The molecule has 0 aliphatic carbocycles. The molecule has 2 rings (SSSR count). The number of β-amino-alcohol motifs (C(OH)–C–C–N with tert-alkyl or cyclic N) is 1. The summed E-state index contributed by atoms with van der Waals surface area (Å²) in [7, 11) is 0. The zero-order chi connectivity index (χ0) is 13.7. The Hall–Kier alpha value is -0.100. The largest absolute Gasteiger partial charge is 0.395 e. The van der Waals surface area contributed by atoms with Gasteiger partial charge in [-0.1, -0.05) is 11.8 Å². The number of nitrogens with zero attached hydrogens (tertiary/aromatic N) is 2. The van der Waals surface area contributed by atoms with Crippen LogP contribution in [-0.4, -0.2) is 71.1 Å². The number of rotatable bonds is 5. The van der Waals surface area contributed by atoms with Gasteiger partial charge in [0.05, 0.1) is 6.61 Å². The van der Waals surface area contributed by atoms with Gasteiger partial charge in [0.25, 0.3) is 0 Å². The Balaban J connectivity index is 1.65. The van der Waals surface area contributed by atoms with Crippen molar-refractivity contribution in [2.75, 3.05) is 45.9 Å². The molecule has 4 nitrogen and oxygen atoms in total. The molecule has 1 N–H and O–H groups in total. The maximum atomic E-state index is 11.1. The van der Waals surface area contributed by atoms with Gasteiger partial charge in [-0.15, -0.1) is 0 Å². The number of likely N-dealkylation sites (tertiary alicyclic amines) is 2. The van der Waals surface area contributed by atoms with Crippen molar-refractivity contribution >= 4 is 16.9 Å². The minimum Gasteiger partial charge on any atom is -0.395 e. The van der Waals surface area contributed by atoms with E-state index in [0.29, 0.717) is 5.25 Å². The van der Waals surface area contributed by atoms with Gasteiger partial charge in [-0.25, -0.2) is 0 Å². The van der Waals surface area contributed by atoms with Crippen LogP contribution in [0.15, 0.2) is 0 Å². The van der Waals surface area contributed by atoms with Crippen LogP contribution in [0.25, 0.3) is 0 Å². The molecule has 19 heavy (non-hydrogen) atoms. The third-order valence-corrected chi connectivity index (χ3v) is 5.25. The summed E-state index contributed by atoms with van der Waals surface area (Å²) in [5, 5.41) is 9.71. The van der Waals surface area contributed by atoms with E-state index in [1.54, 1.807) is 6.92 Å². The first-order chi connectivity index (χ1) is 9.17. The molecule has 0 bridgehead atoms. The van der Waals surface area contributed by atoms with E-state index >= 15 is 0 Å². The SMILES string of the molecule is CC(=O)SC1CCN(CC2CCN(CCO)CC2)C1. The van der Waals surface area contributed by atoms with Gasteiger partial charge >= 0.3 is 0 Å². The minimum atomic E-state index is 0.254. The summed E-state index contributed by atoms with van der Waals surface area (Å²) in [5.41, 5.74) is 0. The molecule has 2 aliphatic rings. The molecule has 0 spiro atoms. The van der Waals surface area contributed by atoms with E-state index in [4.69, 9.17) is 5.11 Å². The number of aliphatic hydroxyl groups excluding tert-OH is 1. The fraction of sp³-hybridized carbons (Fsp3) is 0.929. The van der Waals surface area contributed by atoms with Gasteiger partial charge in [-0.2, -0.15) is 0 Å². The average molecular weight is 286 g/mol. The first-order valence-corrected chi connectivity index (χ1v) is 8.28. The summed E-state index contributed by atoms with van der Waals surface area (Å²) in [6.07, 6.45) is 3.66. The van der Waals surface area contributed by atoms with E-state index in [1.165, 1.54) is 31.1 Å². The molecule has 1 atom stereocenters. The molecule has 0 aromatic heterocycles. The predicted molar refractivity (Wildman–Crippen MR) is 79.4 cm³/mol. The Kier molecular flexibility index (Phi) is 6.13. The summed E-state index contributed by atoms with van der Waals surface area (Å²) in [6, 6.07) is 0. The van der Waals surface area contributed by atoms with Crippen molar-refractivity contribution in [3.8, 4) is 0 Å². The minimum absolute atomic E-state index is 0.254. The molecule has 2 fully saturated rings. The van der Waals surface area contributed by atoms with Gasteiger partial charge in [0.2, 0.25) is 0 Å². The Morgan fingerprint density at radius 1 is 1.21 bits per heavy atom. The fourth-order valence-corrected chi connectivity index (χ4v) is 4.17. The molecule has 110 valence electrons. The van der Waals surface area contributed by atoms with Crippen LogP contribution in [-0.2, 0) is 4.79 Å². The Bertz CT molecular complexity index is 293. The molecule has 2 heterocycles. The molecule has 5 heteroatoms. The van der Waals surface area contributed by atoms with Crippen LogP contribution in [0, 0.1) is 5.92 Å². The van der Waals surface area contributed by atoms with Crippen LogP contribution in [0.5, 0.6) is 0 Å². The zero-order valence-electron chi connectivity index (χ0n) is 11.9. The molecule has 1 unspecified atom stereocenters. The Labute approximate surface area is 120 Å². The zero-order valence-corrected chi connectivity index (χ0v) is 12.7. The fourth-order valence-electron chi connectivity index (χ4n) is 3.19. The molecule has 0 radical (unpaired) electrons. The second-order valence-corrected chi connectivity index (χ2v) is 7.27. The highest BCUT2D eigenvalue weighted by Gasteiger charge is 2.27. The lowest BCUT2D eigenvalue weighted by Crippen LogP contribution is -2.39. The molecule has 0 amide bonds. The molecule has 0 saturated carbocycles. The predicted octanol–water partition coefficient (Wildman–Crippen LogP) is 1.04. The third kappa shape index (κ3) is 5.06. The van der Waals surface area contributed by atoms with Crippen molar-refractivity contribution in [1.82, 2.24) is 9.80 Å². The second kappa shape index (κ2) is 7.62. The van der Waals surface area contributed by atoms with Crippen molar-refractivity contribution in [3.63, 3.8) is 0 Å². The summed E-state index contributed by atoms with van der Waals surface area (Å²) in [4.78, 5) is 16.0. The smallest absolute Gasteiger partial charge is 0.186 e. The van der Waals surface area contributed by atoms with Crippen molar-refractivity contribution in [2.45, 2.75) is 31.4 Å². The highest BCUT2D eigenvalue weighted by atomic mass is 32.2. The van der Waals surface area contributed by atoms with E-state index < -0.39 is 0 Å². The summed E-state index contributed by atoms with van der Waals surface area (Å²) < 4.78 is 0. The lowest BCUT2D eigenvalue weighted by molar-refractivity contribution is -0.109. The van der Waals surface area contributed by atoms with Crippen LogP contribution in [0.1, 0.15) is 26.2 Å². The standard InChI is InChI=1S/C14H26N2O2S/c1-12(18)19-14-4-7-16(11-14)10-13-2-5-15(6-3-13)8-9-17/h13-14,17H,2-11H2,1H3. The van der Waals surface area contributed by atoms with Crippen LogP contribution < -0.4 is 0 Å². The number of carbonyl (C=O) groups excluding carboxylic acids is 1. The normalized spacial score (nSPS) is 26.9. The molecular weight excluding hydrogens is 260 g/mol. The lowest BCUT2D eigenvalue weighted by Gasteiger charge is -2.33. The maximum absolute atomic E-state index is 11.1. The number of thioether (sulfide) groups is 1. The van der Waals surface area contributed by atoms with Crippen LogP contribution in [0.4, 0.5) is 0 Å². The van der Waals surface area contributed by atoms with Crippen LogP contribution >= 0.6 is 11.8 Å². The monoisotopic (exact) mass is 286 g/mol. The van der Waals surface area contributed by atoms with Crippen molar-refractivity contribution in [3.05, 3.63) is 0 Å². The van der Waals surface area contributed by atoms with Crippen LogP contribution in [0.2, 0.25) is 0 Å². The van der Waals surface area contributed by atoms with Gasteiger partial charge in [0.15, 0.2) is 5.12 Å². The van der Waals surface area contributed by atoms with Crippen molar-refractivity contribution in [1.29, 1.82) is 0 Å². The first-order valence-electron chi connectivity index (χ1n) is 7.40. The van der Waals surface area contributed by atoms with E-state index in [9.17, 15) is 4.79 Å². The van der Waals surface area contributed by atoms with E-state index in [0.717, 1.165) is 45.1 Å². The highest BCUT2D eigenvalue weighted by Crippen LogP contribution is 2.26. The number of hydrogen-bond acceptors (Lipinski definition) is 5. The van der Waals surface area contributed by atoms with Gasteiger partial charge in [0.1, 0.15) is 0 Å². The summed E-state index contributed by atoms with van der Waals surface area (Å²) in [5.74, 6) is 0.802. The summed E-state index contributed by atoms with van der Waals surface area (Å²) in [6.45, 7) is 8.47. The second-order valence-electron chi connectivity index (χ2n) is 5.79. The molecule has 2 saturated heterocycles. The topological polar surface area (TPSA) is 43.8 Å². The molecule has 2 aliphatic heterocycles. The van der Waals surface area contributed by atoms with Gasteiger partial charge in [-0.3, -0.25) is 4.79 Å². The molecule has 0 aromatic carbocycles. The third-order valence-electron chi connectivity index (χ3n) is 4.20. The number of piperidine rings is 1. The first kappa shape index (κ1) is 15.3. The van der Waals surface area contributed by atoms with Gasteiger partial charge in [-0.05, 0) is 44.8 Å². The molecule has 0 aromatic rings. The number of carbonyl (C=O) groups is 1. The van der Waals surface area contributed by atoms with E-state index in [2.05, 4.69) is 9.80 Å². The van der Waals surface area contributed by atoms with Crippen LogP contribution in [0.3, 0.4) is 0 Å². The Morgan fingerprint density at radius 3 is 2.53 bits per heavy atom. The maximum Gasteiger partial charge on any atom is 0.186 e. The van der Waals surface area contributed by atoms with E-state index in [1.807, 2.05) is 0 Å². The highest BCUT2D eigenvalue weighted by molar-refractivity contribution is 8.14.